The lowest BCUT2D eigenvalue weighted by Crippen LogP contribution is -2.68. The zero-order valence-electron chi connectivity index (χ0n) is 36.3. The standard InChI is InChI=1S/C53H51NO12/c1-34(55)54-44-47(59-29-35-16-6-2-7-17-35)45(58-31-37-26-27-38-20-14-15-25-41(38)28-37)42(32-61-50(56)39-21-10-4-11-22-39)63-52(44)66-46-43-33-62-53(64-43)49(60-30-36-18-8-3-9-19-36)48(46)65-51(57)40-23-12-5-13-24-40/h2-28,42-49,52-53H,29-33H2,1H3,(H,54,55)/t42-,43+,44-,45-,46-,47-,48+,49-,52-,53+/m1/s1. The second-order valence-electron chi connectivity index (χ2n) is 16.4. The summed E-state index contributed by atoms with van der Waals surface area (Å²) in [5.41, 5.74) is 3.30. The first-order valence-electron chi connectivity index (χ1n) is 22.1. The second-order valence-corrected chi connectivity index (χ2v) is 16.4. The van der Waals surface area contributed by atoms with E-state index < -0.39 is 79.2 Å². The molecule has 66 heavy (non-hydrogen) atoms. The summed E-state index contributed by atoms with van der Waals surface area (Å²) in [5.74, 6) is -1.58. The molecule has 2 bridgehead atoms. The highest BCUT2D eigenvalue weighted by Crippen LogP contribution is 2.38. The molecule has 0 aliphatic carbocycles. The van der Waals surface area contributed by atoms with Gasteiger partial charge < -0.3 is 47.9 Å². The number of nitrogens with one attached hydrogen (secondary N) is 1. The van der Waals surface area contributed by atoms with Gasteiger partial charge in [-0.05, 0) is 57.8 Å². The van der Waals surface area contributed by atoms with E-state index in [1.165, 1.54) is 6.92 Å². The molecule has 6 aromatic carbocycles. The van der Waals surface area contributed by atoms with Gasteiger partial charge in [0.15, 0.2) is 18.7 Å². The molecular formula is C53H51NO12. The molecule has 13 nitrogen and oxygen atoms in total. The molecular weight excluding hydrogens is 843 g/mol. The molecule has 1 amide bonds. The summed E-state index contributed by atoms with van der Waals surface area (Å²) < 4.78 is 58.8. The number of esters is 2. The van der Waals surface area contributed by atoms with E-state index >= 15 is 0 Å². The Kier molecular flexibility index (Phi) is 14.5. The largest absolute Gasteiger partial charge is 0.459 e. The maximum Gasteiger partial charge on any atom is 0.338 e. The highest BCUT2D eigenvalue weighted by molar-refractivity contribution is 5.90. The molecule has 0 spiro atoms. The van der Waals surface area contributed by atoms with Gasteiger partial charge in [-0.25, -0.2) is 9.59 Å². The van der Waals surface area contributed by atoms with Crippen LogP contribution in [0, 0.1) is 0 Å². The number of amides is 1. The van der Waals surface area contributed by atoms with E-state index in [1.807, 2.05) is 115 Å². The van der Waals surface area contributed by atoms with E-state index in [0.29, 0.717) is 11.1 Å². The number of fused-ring (bicyclic) bond motifs is 3. The maximum absolute atomic E-state index is 13.9. The van der Waals surface area contributed by atoms with Crippen LogP contribution in [0.2, 0.25) is 0 Å². The van der Waals surface area contributed by atoms with Gasteiger partial charge in [-0.2, -0.15) is 0 Å². The van der Waals surface area contributed by atoms with Crippen molar-refractivity contribution in [2.45, 2.75) is 88.1 Å². The summed E-state index contributed by atoms with van der Waals surface area (Å²) in [6, 6.07) is 49.5. The van der Waals surface area contributed by atoms with Crippen LogP contribution in [-0.4, -0.2) is 92.4 Å². The average Bonchev–Trinajstić information content (AvgIpc) is 3.80. The Bertz CT molecular complexity index is 2530. The Labute approximate surface area is 382 Å². The van der Waals surface area contributed by atoms with Gasteiger partial charge in [0, 0.05) is 6.92 Å². The predicted octanol–water partition coefficient (Wildman–Crippen LogP) is 7.35. The SMILES string of the molecule is CC(=O)N[C@H]1[C@@H](O[C@H]2[C@H](OC(=O)c3ccccc3)[C@@H](OCc3ccccc3)[C@H]3OC[C@@H]2O3)O[C@H](COC(=O)c2ccccc2)[C@@H](OCc2ccc3ccccc3c2)[C@@H]1OCc1ccccc1. The van der Waals surface area contributed by atoms with Crippen LogP contribution in [0.4, 0.5) is 0 Å². The lowest BCUT2D eigenvalue weighted by atomic mass is 9.94. The quantitative estimate of drug-likeness (QED) is 0.0914. The summed E-state index contributed by atoms with van der Waals surface area (Å²) in [4.78, 5) is 40.7. The molecule has 10 atom stereocenters. The molecule has 1 N–H and O–H groups in total. The van der Waals surface area contributed by atoms with Crippen molar-refractivity contribution in [1.29, 1.82) is 0 Å². The first-order chi connectivity index (χ1) is 32.4. The van der Waals surface area contributed by atoms with Crippen LogP contribution < -0.4 is 5.32 Å². The van der Waals surface area contributed by atoms with Gasteiger partial charge in [-0.1, -0.05) is 133 Å². The number of carbonyl (C=O) groups is 3. The molecule has 0 unspecified atom stereocenters. The minimum Gasteiger partial charge on any atom is -0.459 e. The third kappa shape index (κ3) is 10.9. The first-order valence-corrected chi connectivity index (χ1v) is 22.1. The van der Waals surface area contributed by atoms with Crippen LogP contribution in [-0.2, 0) is 67.2 Å². The van der Waals surface area contributed by atoms with Crippen molar-refractivity contribution < 1.29 is 57.0 Å². The summed E-state index contributed by atoms with van der Waals surface area (Å²) in [6.07, 6.45) is -8.94. The molecule has 0 saturated carbocycles. The van der Waals surface area contributed by atoms with Crippen LogP contribution in [0.1, 0.15) is 44.3 Å². The highest BCUT2D eigenvalue weighted by Gasteiger charge is 2.57. The zero-order valence-corrected chi connectivity index (χ0v) is 36.3. The van der Waals surface area contributed by atoms with E-state index in [-0.39, 0.29) is 33.0 Å². The van der Waals surface area contributed by atoms with Crippen LogP contribution in [0.5, 0.6) is 0 Å². The summed E-state index contributed by atoms with van der Waals surface area (Å²) in [7, 11) is 0. The van der Waals surface area contributed by atoms with Crippen molar-refractivity contribution in [2.75, 3.05) is 13.2 Å². The number of rotatable bonds is 17. The Morgan fingerprint density at radius 1 is 0.561 bits per heavy atom. The van der Waals surface area contributed by atoms with Crippen molar-refractivity contribution >= 4 is 28.6 Å². The lowest BCUT2D eigenvalue weighted by molar-refractivity contribution is -0.328. The Balaban J connectivity index is 1.07. The average molecular weight is 894 g/mol. The Hall–Kier alpha value is -6.29. The van der Waals surface area contributed by atoms with Gasteiger partial charge in [0.1, 0.15) is 49.3 Å². The molecule has 3 fully saturated rings. The Morgan fingerprint density at radius 3 is 1.77 bits per heavy atom. The molecule has 13 heteroatoms. The van der Waals surface area contributed by atoms with E-state index in [1.54, 1.807) is 48.5 Å². The maximum atomic E-state index is 13.9. The van der Waals surface area contributed by atoms with Crippen LogP contribution >= 0.6 is 0 Å². The molecule has 0 radical (unpaired) electrons. The highest BCUT2D eigenvalue weighted by atomic mass is 16.8. The van der Waals surface area contributed by atoms with E-state index in [4.69, 9.17) is 42.6 Å². The molecule has 9 rings (SSSR count). The normalized spacial score (nSPS) is 25.8. The molecule has 0 aromatic heterocycles. The third-order valence-corrected chi connectivity index (χ3v) is 11.8. The van der Waals surface area contributed by atoms with Gasteiger partial charge in [0.2, 0.25) is 5.91 Å². The molecule has 340 valence electrons. The van der Waals surface area contributed by atoms with Crippen LogP contribution in [0.15, 0.2) is 164 Å². The van der Waals surface area contributed by atoms with Crippen molar-refractivity contribution in [1.82, 2.24) is 5.32 Å². The van der Waals surface area contributed by atoms with E-state index in [0.717, 1.165) is 27.5 Å². The van der Waals surface area contributed by atoms with E-state index in [9.17, 15) is 14.4 Å². The number of carbonyl (C=O) groups excluding carboxylic acids is 3. The summed E-state index contributed by atoms with van der Waals surface area (Å²) in [5, 5.41) is 5.16. The number of hydrogen-bond donors (Lipinski definition) is 1. The fraction of sp³-hybridized carbons (Fsp3) is 0.302. The number of ether oxygens (including phenoxy) is 9. The number of hydrogen-bond acceptors (Lipinski definition) is 12. The molecule has 6 aromatic rings. The lowest BCUT2D eigenvalue weighted by Gasteiger charge is -2.48. The Morgan fingerprint density at radius 2 is 1.12 bits per heavy atom. The van der Waals surface area contributed by atoms with Gasteiger partial charge in [-0.3, -0.25) is 4.79 Å². The van der Waals surface area contributed by atoms with Crippen molar-refractivity contribution in [3.8, 4) is 0 Å². The minimum atomic E-state index is -1.31. The van der Waals surface area contributed by atoms with Gasteiger partial charge >= 0.3 is 11.9 Å². The fourth-order valence-corrected chi connectivity index (χ4v) is 8.54. The molecule has 3 aliphatic heterocycles. The minimum absolute atomic E-state index is 0.0843. The topological polar surface area (TPSA) is 146 Å². The van der Waals surface area contributed by atoms with Crippen LogP contribution in [0.3, 0.4) is 0 Å². The van der Waals surface area contributed by atoms with Crippen molar-refractivity contribution in [3.05, 3.63) is 192 Å². The number of benzene rings is 6. The second kappa shape index (κ2) is 21.3. The van der Waals surface area contributed by atoms with Crippen LogP contribution in [0.25, 0.3) is 10.8 Å². The van der Waals surface area contributed by atoms with E-state index in [2.05, 4.69) is 5.32 Å². The van der Waals surface area contributed by atoms with Gasteiger partial charge in [0.05, 0.1) is 37.6 Å². The van der Waals surface area contributed by atoms with Crippen molar-refractivity contribution in [3.63, 3.8) is 0 Å². The van der Waals surface area contributed by atoms with Gasteiger partial charge in [-0.15, -0.1) is 0 Å². The molecule has 3 saturated heterocycles. The zero-order chi connectivity index (χ0) is 45.2. The molecule has 3 aliphatic rings. The fourth-order valence-electron chi connectivity index (χ4n) is 8.54. The monoisotopic (exact) mass is 893 g/mol. The predicted molar refractivity (Wildman–Crippen MR) is 241 cm³/mol. The van der Waals surface area contributed by atoms with Crippen molar-refractivity contribution in [2.24, 2.45) is 0 Å². The first kappa shape index (κ1) is 44.9. The summed E-state index contributed by atoms with van der Waals surface area (Å²) >= 11 is 0. The smallest absolute Gasteiger partial charge is 0.338 e. The summed E-state index contributed by atoms with van der Waals surface area (Å²) in [6.45, 7) is 1.60. The third-order valence-electron chi connectivity index (χ3n) is 11.8. The van der Waals surface area contributed by atoms with Gasteiger partial charge in [0.25, 0.3) is 0 Å². The molecule has 3 heterocycles.